The molecule has 2 N–H and O–H groups in total. The minimum atomic E-state index is -4.78. The van der Waals surface area contributed by atoms with Gasteiger partial charge in [-0.3, -0.25) is 0 Å². The molecule has 0 saturated carbocycles. The summed E-state index contributed by atoms with van der Waals surface area (Å²) in [5.41, 5.74) is 4.54. The fraction of sp³-hybridized carbons (Fsp3) is 0.0833. The molecule has 0 aliphatic carbocycles. The van der Waals surface area contributed by atoms with Crippen molar-refractivity contribution in [1.29, 1.82) is 0 Å². The lowest BCUT2D eigenvalue weighted by molar-refractivity contribution is -0.139. The number of halogens is 5. The number of pyridine rings is 1. The van der Waals surface area contributed by atoms with Crippen LogP contribution in [0.25, 0.3) is 11.1 Å². The van der Waals surface area contributed by atoms with Crippen LogP contribution >= 0.6 is 11.6 Å². The minimum Gasteiger partial charge on any atom is -0.383 e. The van der Waals surface area contributed by atoms with E-state index in [0.29, 0.717) is 6.07 Å². The Morgan fingerprint density at radius 1 is 1.16 bits per heavy atom. The summed E-state index contributed by atoms with van der Waals surface area (Å²) < 4.78 is 51.0. The van der Waals surface area contributed by atoms with E-state index in [1.54, 1.807) is 0 Å². The zero-order valence-corrected chi connectivity index (χ0v) is 10.1. The van der Waals surface area contributed by atoms with Crippen LogP contribution in [-0.4, -0.2) is 4.98 Å². The maximum absolute atomic E-state index is 13.2. The van der Waals surface area contributed by atoms with Gasteiger partial charge < -0.3 is 5.73 Å². The van der Waals surface area contributed by atoms with Gasteiger partial charge in [-0.15, -0.1) is 0 Å². The molecule has 0 fully saturated rings. The van der Waals surface area contributed by atoms with Gasteiger partial charge in [0.25, 0.3) is 0 Å². The molecule has 0 unspecified atom stereocenters. The van der Waals surface area contributed by atoms with E-state index in [9.17, 15) is 17.6 Å². The highest BCUT2D eigenvalue weighted by atomic mass is 35.5. The van der Waals surface area contributed by atoms with Gasteiger partial charge in [0.05, 0.1) is 10.6 Å². The number of benzene rings is 1. The molecule has 1 aromatic heterocycles. The first-order valence-corrected chi connectivity index (χ1v) is 5.45. The summed E-state index contributed by atoms with van der Waals surface area (Å²) in [7, 11) is 0. The molecular weight excluding hydrogens is 284 g/mol. The van der Waals surface area contributed by atoms with Gasteiger partial charge in [0.2, 0.25) is 0 Å². The van der Waals surface area contributed by atoms with Gasteiger partial charge in [0.1, 0.15) is 11.6 Å². The van der Waals surface area contributed by atoms with Gasteiger partial charge in [-0.2, -0.15) is 13.2 Å². The van der Waals surface area contributed by atoms with E-state index in [1.165, 1.54) is 18.3 Å². The van der Waals surface area contributed by atoms with Crippen LogP contribution in [0.4, 0.5) is 23.4 Å². The third kappa shape index (κ3) is 2.78. The lowest BCUT2D eigenvalue weighted by Crippen LogP contribution is -2.08. The molecule has 1 heterocycles. The van der Waals surface area contributed by atoms with Gasteiger partial charge in [0.15, 0.2) is 0 Å². The van der Waals surface area contributed by atoms with Gasteiger partial charge in [-0.1, -0.05) is 17.7 Å². The summed E-state index contributed by atoms with van der Waals surface area (Å²) in [5.74, 6) is -1.33. The van der Waals surface area contributed by atoms with Crippen molar-refractivity contribution in [2.24, 2.45) is 0 Å². The molecule has 1 aromatic carbocycles. The summed E-state index contributed by atoms with van der Waals surface area (Å²) in [6.45, 7) is 0. The fourth-order valence-corrected chi connectivity index (χ4v) is 1.75. The summed E-state index contributed by atoms with van der Waals surface area (Å²) >= 11 is 5.71. The average molecular weight is 291 g/mol. The quantitative estimate of drug-likeness (QED) is 0.802. The summed E-state index contributed by atoms with van der Waals surface area (Å²) in [6.07, 6.45) is -3.50. The highest BCUT2D eigenvalue weighted by molar-refractivity contribution is 6.30. The summed E-state index contributed by atoms with van der Waals surface area (Å²) in [5, 5.41) is 0.224. The van der Waals surface area contributed by atoms with E-state index < -0.39 is 17.6 Å². The number of alkyl halides is 3. The molecule has 0 aliphatic heterocycles. The smallest absolute Gasteiger partial charge is 0.383 e. The first kappa shape index (κ1) is 13.6. The molecule has 0 aliphatic rings. The Hall–Kier alpha value is -1.82. The molecule has 0 amide bonds. The second-order valence-corrected chi connectivity index (χ2v) is 4.22. The first-order valence-electron chi connectivity index (χ1n) is 5.07. The maximum Gasteiger partial charge on any atom is 0.419 e. The van der Waals surface area contributed by atoms with Crippen molar-refractivity contribution < 1.29 is 17.6 Å². The second kappa shape index (κ2) is 4.70. The number of hydrogen-bond acceptors (Lipinski definition) is 2. The van der Waals surface area contributed by atoms with Crippen LogP contribution in [-0.2, 0) is 6.18 Å². The van der Waals surface area contributed by atoms with Crippen LogP contribution in [0.1, 0.15) is 5.56 Å². The third-order valence-electron chi connectivity index (χ3n) is 2.47. The van der Waals surface area contributed by atoms with Crippen molar-refractivity contribution in [3.8, 4) is 11.1 Å². The Bertz CT molecular complexity index is 626. The zero-order valence-electron chi connectivity index (χ0n) is 9.30. The molecule has 100 valence electrons. The van der Waals surface area contributed by atoms with Crippen molar-refractivity contribution >= 4 is 17.4 Å². The zero-order chi connectivity index (χ0) is 14.2. The van der Waals surface area contributed by atoms with Crippen LogP contribution < -0.4 is 5.73 Å². The number of nitrogens with two attached hydrogens (primary N) is 1. The largest absolute Gasteiger partial charge is 0.419 e. The van der Waals surface area contributed by atoms with Crippen molar-refractivity contribution in [3.05, 3.63) is 46.9 Å². The molecule has 2 aromatic rings. The minimum absolute atomic E-state index is 0.0177. The number of anilines is 1. The lowest BCUT2D eigenvalue weighted by Gasteiger charge is -2.11. The molecule has 0 atom stereocenters. The number of hydrogen-bond donors (Lipinski definition) is 1. The molecule has 0 bridgehead atoms. The average Bonchev–Trinajstić information content (AvgIpc) is 2.31. The van der Waals surface area contributed by atoms with Crippen LogP contribution in [0, 0.1) is 5.82 Å². The van der Waals surface area contributed by atoms with Gasteiger partial charge in [0, 0.05) is 11.8 Å². The fourth-order valence-electron chi connectivity index (χ4n) is 1.59. The summed E-state index contributed by atoms with van der Waals surface area (Å²) in [4.78, 5) is 3.74. The number of aromatic nitrogens is 1. The number of rotatable bonds is 1. The van der Waals surface area contributed by atoms with Gasteiger partial charge in [-0.25, -0.2) is 9.37 Å². The van der Waals surface area contributed by atoms with E-state index in [2.05, 4.69) is 4.98 Å². The monoisotopic (exact) mass is 290 g/mol. The number of nitrogens with zero attached hydrogens (tertiary/aromatic N) is 1. The lowest BCUT2D eigenvalue weighted by atomic mass is 10.0. The van der Waals surface area contributed by atoms with E-state index in [0.717, 1.165) is 6.07 Å². The third-order valence-corrected chi connectivity index (χ3v) is 2.67. The second-order valence-electron chi connectivity index (χ2n) is 3.78. The predicted molar refractivity (Wildman–Crippen MR) is 64.1 cm³/mol. The topological polar surface area (TPSA) is 38.9 Å². The van der Waals surface area contributed by atoms with Crippen molar-refractivity contribution in [3.63, 3.8) is 0 Å². The van der Waals surface area contributed by atoms with Crippen LogP contribution in [0.2, 0.25) is 5.02 Å². The summed E-state index contributed by atoms with van der Waals surface area (Å²) in [6, 6.07) is 3.98. The normalized spacial score (nSPS) is 11.6. The van der Waals surface area contributed by atoms with E-state index in [4.69, 9.17) is 17.3 Å². The highest BCUT2D eigenvalue weighted by Crippen LogP contribution is 2.35. The SMILES string of the molecule is Nc1ncc(Cl)cc1-c1ccc(F)c(C(F)(F)F)c1. The van der Waals surface area contributed by atoms with Crippen molar-refractivity contribution in [1.82, 2.24) is 4.98 Å². The Morgan fingerprint density at radius 3 is 2.47 bits per heavy atom. The maximum atomic E-state index is 13.2. The van der Waals surface area contributed by atoms with E-state index in [-0.39, 0.29) is 22.0 Å². The molecule has 19 heavy (non-hydrogen) atoms. The molecule has 0 radical (unpaired) electrons. The van der Waals surface area contributed by atoms with Crippen LogP contribution in [0.15, 0.2) is 30.5 Å². The molecule has 0 spiro atoms. The highest BCUT2D eigenvalue weighted by Gasteiger charge is 2.34. The molecule has 2 rings (SSSR count). The molecule has 2 nitrogen and oxygen atoms in total. The van der Waals surface area contributed by atoms with Crippen LogP contribution in [0.3, 0.4) is 0 Å². The Labute approximate surface area is 110 Å². The first-order chi connectivity index (χ1) is 8.79. The molecule has 0 saturated heterocycles. The Balaban J connectivity index is 2.61. The number of nitrogen functional groups attached to an aromatic ring is 1. The molecule has 7 heteroatoms. The Kier molecular flexibility index (Phi) is 3.36. The Morgan fingerprint density at radius 2 is 1.84 bits per heavy atom. The standard InChI is InChI=1S/C12H7ClF4N2/c13-7-4-8(11(18)19-5-7)6-1-2-10(14)9(3-6)12(15,16)17/h1-5H,(H2,18,19). The van der Waals surface area contributed by atoms with Gasteiger partial charge >= 0.3 is 6.18 Å². The van der Waals surface area contributed by atoms with Crippen molar-refractivity contribution in [2.75, 3.05) is 5.73 Å². The predicted octanol–water partition coefficient (Wildman–Crippen LogP) is 4.14. The van der Waals surface area contributed by atoms with E-state index >= 15 is 0 Å². The molecular formula is C12H7ClF4N2. The van der Waals surface area contributed by atoms with E-state index in [1.807, 2.05) is 0 Å². The van der Waals surface area contributed by atoms with Crippen LogP contribution in [0.5, 0.6) is 0 Å². The van der Waals surface area contributed by atoms with Gasteiger partial charge in [-0.05, 0) is 23.8 Å². The van der Waals surface area contributed by atoms with Crippen molar-refractivity contribution in [2.45, 2.75) is 6.18 Å².